The molecular weight excluding hydrogens is 270 g/mol. The van der Waals surface area contributed by atoms with Gasteiger partial charge in [-0.2, -0.15) is 0 Å². The highest BCUT2D eigenvalue weighted by molar-refractivity contribution is 5.14. The van der Waals surface area contributed by atoms with Crippen molar-refractivity contribution in [1.29, 1.82) is 0 Å². The highest BCUT2D eigenvalue weighted by Crippen LogP contribution is 2.03. The molecule has 1 aromatic carbocycles. The van der Waals surface area contributed by atoms with Crippen LogP contribution in [-0.2, 0) is 6.42 Å². The molecule has 1 rings (SSSR count). The second-order valence-electron chi connectivity index (χ2n) is 5.66. The summed E-state index contributed by atoms with van der Waals surface area (Å²) in [4.78, 5) is 0.994. The molecule has 0 fully saturated rings. The van der Waals surface area contributed by atoms with E-state index in [1.807, 2.05) is 18.2 Å². The molecule has 0 saturated carbocycles. The minimum absolute atomic E-state index is 0.215. The minimum Gasteiger partial charge on any atom is -0.393 e. The smallest absolute Gasteiger partial charge is 0.126 e. The number of hydrogen-bond acceptors (Lipinski definition) is 4. The first kappa shape index (κ1) is 18.1. The Hall–Kier alpha value is -0.980. The number of hydrogen-bond donors (Lipinski definition) is 5. The van der Waals surface area contributed by atoms with E-state index < -0.39 is 12.2 Å². The molecule has 0 bridgehead atoms. The summed E-state index contributed by atoms with van der Waals surface area (Å²) in [6, 6.07) is 10.4. The number of aliphatic hydroxyl groups excluding tert-OH is 4. The summed E-state index contributed by atoms with van der Waals surface area (Å²) in [5.74, 6) is 0. The Balaban J connectivity index is 2.54. The molecule has 1 aromatic rings. The summed E-state index contributed by atoms with van der Waals surface area (Å²) >= 11 is 0. The molecule has 0 amide bonds. The zero-order valence-electron chi connectivity index (χ0n) is 12.7. The molecule has 0 aliphatic heterocycles. The number of aliphatic hydroxyl groups is 4. The fourth-order valence-corrected chi connectivity index (χ4v) is 2.45. The first-order valence-electron chi connectivity index (χ1n) is 7.53. The fraction of sp³-hybridized carbons (Fsp3) is 0.625. The van der Waals surface area contributed by atoms with Crippen molar-refractivity contribution in [2.24, 2.45) is 0 Å². The van der Waals surface area contributed by atoms with Crippen LogP contribution >= 0.6 is 0 Å². The van der Waals surface area contributed by atoms with E-state index >= 15 is 0 Å². The molecule has 0 saturated heterocycles. The maximum Gasteiger partial charge on any atom is 0.126 e. The predicted octanol–water partition coefficient (Wildman–Crippen LogP) is -1.40. The number of rotatable bonds is 10. The predicted molar refractivity (Wildman–Crippen MR) is 81.1 cm³/mol. The maximum atomic E-state index is 9.63. The molecule has 0 aliphatic rings. The first-order chi connectivity index (χ1) is 10.1. The third-order valence-corrected chi connectivity index (χ3v) is 3.82. The quantitative estimate of drug-likeness (QED) is 0.368. The van der Waals surface area contributed by atoms with Crippen molar-refractivity contribution in [1.82, 2.24) is 0 Å². The third-order valence-electron chi connectivity index (χ3n) is 3.82. The topological polar surface area (TPSA) is 85.4 Å². The molecule has 0 heterocycles. The van der Waals surface area contributed by atoms with Crippen LogP contribution in [-0.4, -0.2) is 65.0 Å². The van der Waals surface area contributed by atoms with Crippen molar-refractivity contribution in [3.63, 3.8) is 0 Å². The molecule has 5 heteroatoms. The van der Waals surface area contributed by atoms with E-state index in [0.717, 1.165) is 17.7 Å². The zero-order valence-corrected chi connectivity index (χ0v) is 12.7. The van der Waals surface area contributed by atoms with Crippen molar-refractivity contribution in [2.75, 3.05) is 26.3 Å². The first-order valence-corrected chi connectivity index (χ1v) is 7.53. The average molecular weight is 298 g/mol. The van der Waals surface area contributed by atoms with Gasteiger partial charge in [-0.1, -0.05) is 30.3 Å². The number of quaternary nitrogens is 1. The normalized spacial score (nSPS) is 17.2. The van der Waals surface area contributed by atoms with Gasteiger partial charge in [0.25, 0.3) is 0 Å². The Labute approximate surface area is 126 Å². The lowest BCUT2D eigenvalue weighted by Crippen LogP contribution is -3.17. The molecule has 0 aliphatic carbocycles. The average Bonchev–Trinajstić information content (AvgIpc) is 2.52. The van der Waals surface area contributed by atoms with E-state index in [4.69, 9.17) is 10.2 Å². The van der Waals surface area contributed by atoms with E-state index in [1.165, 1.54) is 5.56 Å². The van der Waals surface area contributed by atoms with Crippen LogP contribution in [0.15, 0.2) is 30.3 Å². The van der Waals surface area contributed by atoms with Crippen LogP contribution in [0.5, 0.6) is 0 Å². The van der Waals surface area contributed by atoms with Gasteiger partial charge in [-0.3, -0.25) is 0 Å². The van der Waals surface area contributed by atoms with Gasteiger partial charge in [-0.25, -0.2) is 0 Å². The van der Waals surface area contributed by atoms with Gasteiger partial charge in [0.2, 0.25) is 0 Å². The Morgan fingerprint density at radius 3 is 1.95 bits per heavy atom. The molecule has 0 spiro atoms. The van der Waals surface area contributed by atoms with Gasteiger partial charge >= 0.3 is 0 Å². The molecule has 21 heavy (non-hydrogen) atoms. The van der Waals surface area contributed by atoms with E-state index in [0.29, 0.717) is 13.1 Å². The molecule has 4 atom stereocenters. The van der Waals surface area contributed by atoms with Gasteiger partial charge in [0.1, 0.15) is 25.3 Å². The van der Waals surface area contributed by atoms with E-state index in [-0.39, 0.29) is 19.3 Å². The number of nitrogens with one attached hydrogen (secondary N) is 1. The Morgan fingerprint density at radius 1 is 0.952 bits per heavy atom. The van der Waals surface area contributed by atoms with Gasteiger partial charge in [0, 0.05) is 6.42 Å². The molecule has 5 nitrogen and oxygen atoms in total. The van der Waals surface area contributed by atoms with Crippen LogP contribution in [0.3, 0.4) is 0 Å². The van der Waals surface area contributed by atoms with Crippen LogP contribution in [0.25, 0.3) is 0 Å². The highest BCUT2D eigenvalue weighted by atomic mass is 16.3. The Kier molecular flexibility index (Phi) is 8.49. The van der Waals surface area contributed by atoms with Crippen LogP contribution in [0.1, 0.15) is 18.9 Å². The summed E-state index contributed by atoms with van der Waals surface area (Å²) in [5.41, 5.74) is 1.26. The lowest BCUT2D eigenvalue weighted by Gasteiger charge is -2.29. The Bertz CT molecular complexity index is 362. The second-order valence-corrected chi connectivity index (χ2v) is 5.66. The molecule has 0 aromatic heterocycles. The van der Waals surface area contributed by atoms with E-state index in [2.05, 4.69) is 19.1 Å². The molecular formula is C16H28NO4+. The summed E-state index contributed by atoms with van der Waals surface area (Å²) in [7, 11) is 0. The number of aryl methyl sites for hydroxylation is 1. The third kappa shape index (κ3) is 7.02. The van der Waals surface area contributed by atoms with Crippen LogP contribution in [0.2, 0.25) is 0 Å². The summed E-state index contributed by atoms with van der Waals surface area (Å²) in [5, 5.41) is 37.2. The molecule has 5 N–H and O–H groups in total. The summed E-state index contributed by atoms with van der Waals surface area (Å²) in [6.07, 6.45) is 0.237. The fourth-order valence-electron chi connectivity index (χ4n) is 2.45. The molecule has 0 radical (unpaired) electrons. The van der Waals surface area contributed by atoms with Crippen LogP contribution in [0, 0.1) is 0 Å². The zero-order chi connectivity index (χ0) is 15.7. The van der Waals surface area contributed by atoms with Gasteiger partial charge in [0.05, 0.1) is 19.3 Å². The SMILES string of the molecule is C[C@@H](CCc1ccccc1)[NH+](C[C@H](O)CO)C[C@@H](O)CO. The van der Waals surface area contributed by atoms with Crippen molar-refractivity contribution >= 4 is 0 Å². The molecule has 1 unspecified atom stereocenters. The van der Waals surface area contributed by atoms with Crippen molar-refractivity contribution in [3.05, 3.63) is 35.9 Å². The van der Waals surface area contributed by atoms with E-state index in [1.54, 1.807) is 0 Å². The molecule has 120 valence electrons. The minimum atomic E-state index is -0.801. The van der Waals surface area contributed by atoms with Gasteiger partial charge in [-0.05, 0) is 18.9 Å². The Morgan fingerprint density at radius 2 is 1.48 bits per heavy atom. The summed E-state index contributed by atoms with van der Waals surface area (Å²) < 4.78 is 0. The van der Waals surface area contributed by atoms with E-state index in [9.17, 15) is 10.2 Å². The highest BCUT2D eigenvalue weighted by Gasteiger charge is 2.23. The van der Waals surface area contributed by atoms with Gasteiger partial charge < -0.3 is 25.3 Å². The van der Waals surface area contributed by atoms with Crippen LogP contribution in [0.4, 0.5) is 0 Å². The lowest BCUT2D eigenvalue weighted by molar-refractivity contribution is -0.929. The van der Waals surface area contributed by atoms with Crippen molar-refractivity contribution in [2.45, 2.75) is 38.0 Å². The largest absolute Gasteiger partial charge is 0.393 e. The number of benzene rings is 1. The van der Waals surface area contributed by atoms with Crippen molar-refractivity contribution < 1.29 is 25.3 Å². The lowest BCUT2D eigenvalue weighted by atomic mass is 10.0. The summed E-state index contributed by atoms with van der Waals surface area (Å²) in [6.45, 7) is 2.22. The maximum absolute atomic E-state index is 9.63. The van der Waals surface area contributed by atoms with Crippen molar-refractivity contribution in [3.8, 4) is 0 Å². The second kappa shape index (κ2) is 9.87. The van der Waals surface area contributed by atoms with Crippen LogP contribution < -0.4 is 4.90 Å². The monoisotopic (exact) mass is 298 g/mol. The van der Waals surface area contributed by atoms with Gasteiger partial charge in [0.15, 0.2) is 0 Å². The van der Waals surface area contributed by atoms with Gasteiger partial charge in [-0.15, -0.1) is 0 Å². The standard InChI is InChI=1S/C16H27NO4/c1-13(7-8-14-5-3-2-4-6-14)17(9-15(20)11-18)10-16(21)12-19/h2-6,13,15-16,18-21H,7-12H2,1H3/p+1/t13-,15-,16+/m0/s1.